The number of carboxylic acids is 1. The molecule has 0 aromatic carbocycles. The number of carbonyl (C=O) groups excluding carboxylic acids is 1. The van der Waals surface area contributed by atoms with E-state index < -0.39 is 17.5 Å². The minimum absolute atomic E-state index is 0.00802. The van der Waals surface area contributed by atoms with Crippen LogP contribution in [0.5, 0.6) is 0 Å². The summed E-state index contributed by atoms with van der Waals surface area (Å²) in [7, 11) is 0. The second-order valence-corrected chi connectivity index (χ2v) is 13.6. The van der Waals surface area contributed by atoms with Gasteiger partial charge in [-0.15, -0.1) is 0 Å². The maximum Gasteiger partial charge on any atom is 0.309 e. The number of aliphatic hydroxyl groups excluding tert-OH is 1. The predicted octanol–water partition coefficient (Wildman–Crippen LogP) is 5.94. The molecule has 9 atom stereocenters. The topological polar surface area (TPSA) is 74.6 Å². The normalized spacial score (nSPS) is 53.6. The highest BCUT2D eigenvalue weighted by atomic mass is 16.4. The van der Waals surface area contributed by atoms with Gasteiger partial charge in [-0.05, 0) is 85.4 Å². The smallest absolute Gasteiger partial charge is 0.309 e. The van der Waals surface area contributed by atoms with Crippen LogP contribution in [0.3, 0.4) is 0 Å². The fourth-order valence-electron chi connectivity index (χ4n) is 9.40. The molecule has 0 aromatic heterocycles. The number of aliphatic hydroxyl groups is 1. The molecule has 3 unspecified atom stereocenters. The minimum Gasteiger partial charge on any atom is -0.481 e. The first-order chi connectivity index (χ1) is 15.2. The van der Waals surface area contributed by atoms with Crippen LogP contribution in [0.2, 0.25) is 0 Å². The lowest BCUT2D eigenvalue weighted by Crippen LogP contribution is -2.63. The first-order valence-corrected chi connectivity index (χ1v) is 13.1. The average molecular weight is 455 g/mol. The lowest BCUT2D eigenvalue weighted by atomic mass is 9.34. The Morgan fingerprint density at radius 2 is 1.64 bits per heavy atom. The van der Waals surface area contributed by atoms with E-state index in [-0.39, 0.29) is 39.3 Å². The van der Waals surface area contributed by atoms with E-state index in [0.717, 1.165) is 44.9 Å². The van der Waals surface area contributed by atoms with Crippen LogP contribution in [0.15, 0.2) is 23.3 Å². The monoisotopic (exact) mass is 454 g/mol. The largest absolute Gasteiger partial charge is 0.481 e. The van der Waals surface area contributed by atoms with Crippen molar-refractivity contribution >= 4 is 11.8 Å². The molecule has 4 nitrogen and oxygen atoms in total. The molecule has 33 heavy (non-hydrogen) atoms. The molecule has 0 aliphatic heterocycles. The zero-order chi connectivity index (χ0) is 24.2. The van der Waals surface area contributed by atoms with Crippen molar-refractivity contribution in [3.05, 3.63) is 23.3 Å². The standard InChI is InChI=1S/C29H42O4/c1-17-18-7-8-21-27(4,19(18)15-20(30)23(17)31)12-14-29(6)22-16-26(3,24(32)33)10-9-25(22,2)11-13-28(21,29)5/h7-8,17,19,22-23,31H,9-16H2,1-6H3,(H,32,33)/t17?,19?,22-,23?,25-,26-,27+,28-,29+/m1/s1. The van der Waals surface area contributed by atoms with Crippen molar-refractivity contribution in [2.24, 2.45) is 44.8 Å². The van der Waals surface area contributed by atoms with E-state index in [1.165, 1.54) is 11.1 Å². The highest BCUT2D eigenvalue weighted by Crippen LogP contribution is 2.75. The number of hydrogen-bond acceptors (Lipinski definition) is 3. The molecule has 2 N–H and O–H groups in total. The van der Waals surface area contributed by atoms with Crippen molar-refractivity contribution in [1.29, 1.82) is 0 Å². The van der Waals surface area contributed by atoms with E-state index in [9.17, 15) is 19.8 Å². The molecule has 4 saturated carbocycles. The number of carboxylic acid groups (broad SMARTS) is 1. The number of ketones is 1. The second-order valence-electron chi connectivity index (χ2n) is 13.6. The zero-order valence-electron chi connectivity index (χ0n) is 21.3. The quantitative estimate of drug-likeness (QED) is 0.514. The molecule has 0 aromatic rings. The molecule has 0 bridgehead atoms. The Morgan fingerprint density at radius 1 is 0.970 bits per heavy atom. The number of rotatable bonds is 1. The summed E-state index contributed by atoms with van der Waals surface area (Å²) < 4.78 is 0. The number of fused-ring (bicyclic) bond motifs is 7. The van der Waals surface area contributed by atoms with Gasteiger partial charge in [-0.3, -0.25) is 9.59 Å². The molecular weight excluding hydrogens is 412 g/mol. The summed E-state index contributed by atoms with van der Waals surface area (Å²) in [5.41, 5.74) is 2.26. The Labute approximate surface area is 198 Å². The Morgan fingerprint density at radius 3 is 2.30 bits per heavy atom. The number of allylic oxidation sites excluding steroid dienone is 3. The summed E-state index contributed by atoms with van der Waals surface area (Å²) in [6.07, 6.45) is 11.1. The van der Waals surface area contributed by atoms with Crippen LogP contribution in [0, 0.1) is 44.8 Å². The van der Waals surface area contributed by atoms with Gasteiger partial charge in [0.1, 0.15) is 6.10 Å². The van der Waals surface area contributed by atoms with E-state index in [1.54, 1.807) is 0 Å². The molecule has 0 heterocycles. The Hall–Kier alpha value is -1.42. The average Bonchev–Trinajstić information content (AvgIpc) is 2.75. The molecule has 4 heteroatoms. The van der Waals surface area contributed by atoms with Gasteiger partial charge in [-0.1, -0.05) is 57.9 Å². The van der Waals surface area contributed by atoms with Gasteiger partial charge >= 0.3 is 5.97 Å². The van der Waals surface area contributed by atoms with Crippen molar-refractivity contribution in [2.75, 3.05) is 0 Å². The maximum absolute atomic E-state index is 12.7. The fraction of sp³-hybridized carbons (Fsp3) is 0.793. The number of aliphatic carboxylic acids is 1. The van der Waals surface area contributed by atoms with Crippen molar-refractivity contribution in [3.8, 4) is 0 Å². The minimum atomic E-state index is -0.873. The number of hydrogen-bond donors (Lipinski definition) is 2. The summed E-state index contributed by atoms with van der Waals surface area (Å²) in [5.74, 6) is -0.210. The SMILES string of the molecule is CC1C2=CC=C3[C@@](C)(CC[C@@]4(C)[C@@H]5C[C@](C)(C(=O)O)CC[C@]5(C)CC[C@]34C)C2CC(=O)C1O. The Bertz CT molecular complexity index is 978. The van der Waals surface area contributed by atoms with E-state index in [0.29, 0.717) is 12.3 Å². The summed E-state index contributed by atoms with van der Waals surface area (Å²) in [5, 5.41) is 20.5. The summed E-state index contributed by atoms with van der Waals surface area (Å²) in [6, 6.07) is 0. The van der Waals surface area contributed by atoms with Gasteiger partial charge in [0, 0.05) is 12.3 Å². The Balaban J connectivity index is 1.60. The predicted molar refractivity (Wildman–Crippen MR) is 128 cm³/mol. The van der Waals surface area contributed by atoms with Crippen molar-refractivity contribution in [3.63, 3.8) is 0 Å². The Kier molecular flexibility index (Phi) is 4.83. The molecule has 0 saturated heterocycles. The molecule has 182 valence electrons. The molecule has 0 spiro atoms. The van der Waals surface area contributed by atoms with Crippen molar-refractivity contribution < 1.29 is 19.8 Å². The van der Waals surface area contributed by atoms with E-state index >= 15 is 0 Å². The van der Waals surface area contributed by atoms with Gasteiger partial charge < -0.3 is 10.2 Å². The molecular formula is C29H42O4. The van der Waals surface area contributed by atoms with Crippen LogP contribution in [0.25, 0.3) is 0 Å². The second kappa shape index (κ2) is 6.83. The summed E-state index contributed by atoms with van der Waals surface area (Å²) in [4.78, 5) is 25.0. The van der Waals surface area contributed by atoms with Crippen LogP contribution < -0.4 is 0 Å². The van der Waals surface area contributed by atoms with Crippen molar-refractivity contribution in [1.82, 2.24) is 0 Å². The maximum atomic E-state index is 12.7. The van der Waals surface area contributed by atoms with Crippen LogP contribution in [-0.4, -0.2) is 28.1 Å². The zero-order valence-corrected chi connectivity index (χ0v) is 21.3. The number of carbonyl (C=O) groups is 2. The van der Waals surface area contributed by atoms with E-state index in [1.807, 2.05) is 13.8 Å². The van der Waals surface area contributed by atoms with Crippen molar-refractivity contribution in [2.45, 2.75) is 99.0 Å². The lowest BCUT2D eigenvalue weighted by Gasteiger charge is -2.70. The summed E-state index contributed by atoms with van der Waals surface area (Å²) in [6.45, 7) is 13.7. The van der Waals surface area contributed by atoms with Crippen LogP contribution in [0.4, 0.5) is 0 Å². The van der Waals surface area contributed by atoms with E-state index in [2.05, 4.69) is 39.8 Å². The van der Waals surface area contributed by atoms with Crippen LogP contribution in [-0.2, 0) is 9.59 Å². The summed E-state index contributed by atoms with van der Waals surface area (Å²) >= 11 is 0. The first kappa shape index (κ1) is 23.3. The molecule has 5 aliphatic carbocycles. The number of Topliss-reactive ketones (excluding diaryl/α,β-unsaturated/α-hetero) is 1. The highest BCUT2D eigenvalue weighted by Gasteiger charge is 2.68. The molecule has 5 rings (SSSR count). The van der Waals surface area contributed by atoms with Gasteiger partial charge in [0.2, 0.25) is 0 Å². The third-order valence-corrected chi connectivity index (χ3v) is 12.2. The molecule has 0 amide bonds. The van der Waals surface area contributed by atoms with Gasteiger partial charge in [-0.2, -0.15) is 0 Å². The fourth-order valence-corrected chi connectivity index (χ4v) is 9.40. The van der Waals surface area contributed by atoms with Gasteiger partial charge in [0.15, 0.2) is 5.78 Å². The van der Waals surface area contributed by atoms with Gasteiger partial charge in [0.25, 0.3) is 0 Å². The van der Waals surface area contributed by atoms with Crippen LogP contribution >= 0.6 is 0 Å². The van der Waals surface area contributed by atoms with Crippen LogP contribution in [0.1, 0.15) is 92.9 Å². The van der Waals surface area contributed by atoms with Gasteiger partial charge in [0.05, 0.1) is 5.41 Å². The highest BCUT2D eigenvalue weighted by molar-refractivity contribution is 5.86. The van der Waals surface area contributed by atoms with Gasteiger partial charge in [-0.25, -0.2) is 0 Å². The third-order valence-electron chi connectivity index (χ3n) is 12.2. The lowest BCUT2D eigenvalue weighted by molar-refractivity contribution is -0.182. The third kappa shape index (κ3) is 2.79. The first-order valence-electron chi connectivity index (χ1n) is 13.1. The molecule has 4 fully saturated rings. The van der Waals surface area contributed by atoms with E-state index in [4.69, 9.17) is 0 Å². The molecule has 5 aliphatic rings. The molecule has 0 radical (unpaired) electrons.